The highest BCUT2D eigenvalue weighted by Crippen LogP contribution is 2.22. The highest BCUT2D eigenvalue weighted by Gasteiger charge is 2.20. The highest BCUT2D eigenvalue weighted by molar-refractivity contribution is 6.28. The molecule has 7 nitrogen and oxygen atoms in total. The van der Waals surface area contributed by atoms with Crippen molar-refractivity contribution in [1.29, 1.82) is 0 Å². The Morgan fingerprint density at radius 1 is 1.24 bits per heavy atom. The molecule has 8 heteroatoms. The number of nitrogens with one attached hydrogen (secondary N) is 1. The zero-order chi connectivity index (χ0) is 18.1. The second-order valence-electron chi connectivity index (χ2n) is 6.34. The molecule has 1 aromatic rings. The Kier molecular flexibility index (Phi) is 8.34. The van der Waals surface area contributed by atoms with E-state index in [0.717, 1.165) is 38.7 Å². The lowest BCUT2D eigenvalue weighted by Gasteiger charge is -2.20. The average molecular weight is 370 g/mol. The van der Waals surface area contributed by atoms with E-state index >= 15 is 0 Å². The van der Waals surface area contributed by atoms with Crippen molar-refractivity contribution < 1.29 is 9.53 Å². The summed E-state index contributed by atoms with van der Waals surface area (Å²) in [6.45, 7) is 5.48. The maximum Gasteiger partial charge on any atom is 0.238 e. The Morgan fingerprint density at radius 3 is 2.64 bits per heavy atom. The van der Waals surface area contributed by atoms with Crippen molar-refractivity contribution in [2.24, 2.45) is 0 Å². The number of ether oxygens (including phenoxy) is 1. The standard InChI is InChI=1S/C17H28ClN5O2/c1-3-4-11-25-12-7-10-23(13(2)24)17-21-15(18)20-16(22-17)19-14-8-5-6-9-14/h14H,3-12H2,1-2H3,(H,19,20,21,22). The molecule has 0 bridgehead atoms. The fraction of sp³-hybridized carbons (Fsp3) is 0.765. The van der Waals surface area contributed by atoms with Gasteiger partial charge in [-0.1, -0.05) is 26.2 Å². The zero-order valence-electron chi connectivity index (χ0n) is 15.1. The van der Waals surface area contributed by atoms with Crippen LogP contribution in [0.3, 0.4) is 0 Å². The third-order valence-corrected chi connectivity index (χ3v) is 4.39. The van der Waals surface area contributed by atoms with Crippen LogP contribution in [0.4, 0.5) is 11.9 Å². The molecule has 1 aromatic heterocycles. The largest absolute Gasteiger partial charge is 0.381 e. The molecule has 1 aliphatic rings. The smallest absolute Gasteiger partial charge is 0.238 e. The van der Waals surface area contributed by atoms with Gasteiger partial charge in [0, 0.05) is 32.7 Å². The van der Waals surface area contributed by atoms with E-state index in [1.54, 1.807) is 0 Å². The number of carbonyl (C=O) groups is 1. The molecule has 0 aromatic carbocycles. The van der Waals surface area contributed by atoms with E-state index in [1.807, 2.05) is 0 Å². The first-order chi connectivity index (χ1) is 12.1. The van der Waals surface area contributed by atoms with Gasteiger partial charge in [0.25, 0.3) is 0 Å². The molecule has 0 saturated heterocycles. The van der Waals surface area contributed by atoms with E-state index in [1.165, 1.54) is 24.7 Å². The second-order valence-corrected chi connectivity index (χ2v) is 6.68. The van der Waals surface area contributed by atoms with Gasteiger partial charge >= 0.3 is 0 Å². The van der Waals surface area contributed by atoms with Gasteiger partial charge in [0.15, 0.2) is 0 Å². The van der Waals surface area contributed by atoms with Gasteiger partial charge in [-0.15, -0.1) is 0 Å². The Bertz CT molecular complexity index is 552. The number of hydrogen-bond donors (Lipinski definition) is 1. The van der Waals surface area contributed by atoms with Crippen molar-refractivity contribution in [3.63, 3.8) is 0 Å². The fourth-order valence-electron chi connectivity index (χ4n) is 2.85. The predicted octanol–water partition coefficient (Wildman–Crippen LogP) is 3.44. The van der Waals surface area contributed by atoms with Gasteiger partial charge < -0.3 is 10.1 Å². The first-order valence-corrected chi connectivity index (χ1v) is 9.52. The van der Waals surface area contributed by atoms with Crippen LogP contribution in [-0.4, -0.2) is 46.7 Å². The van der Waals surface area contributed by atoms with Crippen molar-refractivity contribution in [2.75, 3.05) is 30.0 Å². The third-order valence-electron chi connectivity index (χ3n) is 4.22. The number of unbranched alkanes of at least 4 members (excludes halogenated alkanes) is 1. The van der Waals surface area contributed by atoms with Gasteiger partial charge in [-0.25, -0.2) is 0 Å². The summed E-state index contributed by atoms with van der Waals surface area (Å²) in [4.78, 5) is 26.2. The van der Waals surface area contributed by atoms with E-state index in [0.29, 0.717) is 31.1 Å². The van der Waals surface area contributed by atoms with Crippen LogP contribution in [0.1, 0.15) is 58.8 Å². The third kappa shape index (κ3) is 6.74. The highest BCUT2D eigenvalue weighted by atomic mass is 35.5. The summed E-state index contributed by atoms with van der Waals surface area (Å²) in [5, 5.41) is 3.39. The molecule has 1 amide bonds. The Balaban J connectivity index is 1.96. The van der Waals surface area contributed by atoms with Gasteiger partial charge in [0.1, 0.15) is 0 Å². The summed E-state index contributed by atoms with van der Waals surface area (Å²) >= 11 is 6.04. The number of carbonyl (C=O) groups excluding carboxylic acids is 1. The quantitative estimate of drug-likeness (QED) is 0.636. The lowest BCUT2D eigenvalue weighted by Crippen LogP contribution is -2.32. The van der Waals surface area contributed by atoms with Crippen LogP contribution in [0.5, 0.6) is 0 Å². The number of nitrogens with zero attached hydrogens (tertiary/aromatic N) is 4. The van der Waals surface area contributed by atoms with Crippen LogP contribution in [0.15, 0.2) is 0 Å². The first kappa shape index (κ1) is 19.8. The lowest BCUT2D eigenvalue weighted by molar-refractivity contribution is -0.116. The van der Waals surface area contributed by atoms with Crippen molar-refractivity contribution in [1.82, 2.24) is 15.0 Å². The monoisotopic (exact) mass is 369 g/mol. The van der Waals surface area contributed by atoms with Gasteiger partial charge in [0.05, 0.1) is 0 Å². The molecule has 25 heavy (non-hydrogen) atoms. The van der Waals surface area contributed by atoms with E-state index in [-0.39, 0.29) is 11.2 Å². The summed E-state index contributed by atoms with van der Waals surface area (Å²) in [7, 11) is 0. The number of rotatable bonds is 10. The maximum absolute atomic E-state index is 12.0. The van der Waals surface area contributed by atoms with Crippen molar-refractivity contribution >= 4 is 29.4 Å². The molecule has 0 radical (unpaired) electrons. The zero-order valence-corrected chi connectivity index (χ0v) is 15.9. The number of halogens is 1. The van der Waals surface area contributed by atoms with E-state index in [2.05, 4.69) is 27.2 Å². The van der Waals surface area contributed by atoms with Crippen LogP contribution >= 0.6 is 11.6 Å². The lowest BCUT2D eigenvalue weighted by atomic mass is 10.3. The van der Waals surface area contributed by atoms with Crippen LogP contribution in [0.2, 0.25) is 5.28 Å². The second kappa shape index (κ2) is 10.5. The minimum Gasteiger partial charge on any atom is -0.381 e. The van der Waals surface area contributed by atoms with Crippen molar-refractivity contribution in [2.45, 2.75) is 64.8 Å². The predicted molar refractivity (Wildman–Crippen MR) is 99.1 cm³/mol. The number of amides is 1. The van der Waals surface area contributed by atoms with Gasteiger partial charge in [-0.2, -0.15) is 15.0 Å². The molecule has 1 N–H and O–H groups in total. The molecule has 0 unspecified atom stereocenters. The van der Waals surface area contributed by atoms with E-state index < -0.39 is 0 Å². The topological polar surface area (TPSA) is 80.2 Å². The Morgan fingerprint density at radius 2 is 1.96 bits per heavy atom. The molecule has 2 rings (SSSR count). The van der Waals surface area contributed by atoms with Crippen LogP contribution in [0.25, 0.3) is 0 Å². The molecular weight excluding hydrogens is 342 g/mol. The minimum atomic E-state index is -0.123. The Hall–Kier alpha value is -1.47. The van der Waals surface area contributed by atoms with Crippen LogP contribution < -0.4 is 10.2 Å². The molecule has 0 atom stereocenters. The van der Waals surface area contributed by atoms with E-state index in [4.69, 9.17) is 16.3 Å². The molecule has 0 spiro atoms. The van der Waals surface area contributed by atoms with Gasteiger partial charge in [-0.3, -0.25) is 9.69 Å². The molecule has 0 aliphatic heterocycles. The summed E-state index contributed by atoms with van der Waals surface area (Å²) in [6.07, 6.45) is 7.50. The molecule has 1 aliphatic carbocycles. The average Bonchev–Trinajstić information content (AvgIpc) is 3.06. The normalized spacial score (nSPS) is 14.7. The van der Waals surface area contributed by atoms with Crippen molar-refractivity contribution in [3.8, 4) is 0 Å². The van der Waals surface area contributed by atoms with E-state index in [9.17, 15) is 4.79 Å². The summed E-state index contributed by atoms with van der Waals surface area (Å²) in [5.41, 5.74) is 0. The molecule has 1 fully saturated rings. The first-order valence-electron chi connectivity index (χ1n) is 9.14. The Labute approximate surface area is 154 Å². The summed E-state index contributed by atoms with van der Waals surface area (Å²) in [6, 6.07) is 0.365. The SMILES string of the molecule is CCCCOCCCN(C(C)=O)c1nc(Cl)nc(NC2CCCC2)n1. The summed E-state index contributed by atoms with van der Waals surface area (Å²) < 4.78 is 5.55. The number of hydrogen-bond acceptors (Lipinski definition) is 6. The van der Waals surface area contributed by atoms with Crippen molar-refractivity contribution in [3.05, 3.63) is 5.28 Å². The summed E-state index contributed by atoms with van der Waals surface area (Å²) in [5.74, 6) is 0.608. The number of aromatic nitrogens is 3. The van der Waals surface area contributed by atoms with Gasteiger partial charge in [-0.05, 0) is 37.3 Å². The molecule has 1 saturated carbocycles. The molecule has 1 heterocycles. The van der Waals surface area contributed by atoms with Gasteiger partial charge in [0.2, 0.25) is 23.1 Å². The fourth-order valence-corrected chi connectivity index (χ4v) is 3.00. The molecular formula is C17H28ClN5O2. The number of anilines is 2. The van der Waals surface area contributed by atoms with Crippen LogP contribution in [-0.2, 0) is 9.53 Å². The maximum atomic E-state index is 12.0. The molecule has 140 valence electrons. The van der Waals surface area contributed by atoms with Crippen LogP contribution in [0, 0.1) is 0 Å². The minimum absolute atomic E-state index is 0.0935.